The van der Waals surface area contributed by atoms with Crippen LogP contribution in [0.1, 0.15) is 59.0 Å². The number of aryl methyl sites for hydroxylation is 1. The maximum absolute atomic E-state index is 14.4. The van der Waals surface area contributed by atoms with E-state index in [0.717, 1.165) is 16.3 Å². The highest BCUT2D eigenvalue weighted by atomic mass is 35.5. The summed E-state index contributed by atoms with van der Waals surface area (Å²) in [7, 11) is 0. The summed E-state index contributed by atoms with van der Waals surface area (Å²) in [6, 6.07) is 8.51. The van der Waals surface area contributed by atoms with E-state index in [-0.39, 0.29) is 28.5 Å². The van der Waals surface area contributed by atoms with Crippen LogP contribution < -0.4 is 5.56 Å². The van der Waals surface area contributed by atoms with Crippen molar-refractivity contribution < 1.29 is 17.6 Å². The molecule has 0 aliphatic heterocycles. The van der Waals surface area contributed by atoms with E-state index in [0.29, 0.717) is 30.4 Å². The number of aromatic nitrogens is 3. The fourth-order valence-electron chi connectivity index (χ4n) is 4.58. The average Bonchev–Trinajstić information content (AvgIpc) is 3.19. The Morgan fingerprint density at radius 2 is 1.91 bits per heavy atom. The van der Waals surface area contributed by atoms with E-state index in [1.807, 2.05) is 13.0 Å². The summed E-state index contributed by atoms with van der Waals surface area (Å²) >= 11 is 6.13. The summed E-state index contributed by atoms with van der Waals surface area (Å²) in [5.41, 5.74) is 0.143. The standard InChI is InChI=1S/C23H20ClF4N3O/c1-13-4-2-6-18(25)21(13)15-8-7-14(10-15)16-11-20(24)30-31(22(16)32)12-19-17(23(26,27)28)5-3-9-29-19/h2-6,9,11,14-15H,7-8,10,12H2,1H3. The molecular weight excluding hydrogens is 446 g/mol. The molecule has 0 N–H and O–H groups in total. The highest BCUT2D eigenvalue weighted by Crippen LogP contribution is 2.44. The summed E-state index contributed by atoms with van der Waals surface area (Å²) in [4.78, 5) is 16.9. The van der Waals surface area contributed by atoms with Crippen LogP contribution in [-0.2, 0) is 12.7 Å². The van der Waals surface area contributed by atoms with Gasteiger partial charge in [-0.3, -0.25) is 9.78 Å². The van der Waals surface area contributed by atoms with Crippen LogP contribution in [0.2, 0.25) is 5.15 Å². The molecule has 0 bridgehead atoms. The SMILES string of the molecule is Cc1cccc(F)c1C1CCC(c2cc(Cl)nn(Cc3ncccc3C(F)(F)F)c2=O)C1. The second kappa shape index (κ2) is 8.65. The molecule has 0 spiro atoms. The zero-order valence-electron chi connectivity index (χ0n) is 17.2. The second-order valence-electron chi connectivity index (χ2n) is 8.06. The lowest BCUT2D eigenvalue weighted by atomic mass is 9.91. The molecule has 2 atom stereocenters. The first-order chi connectivity index (χ1) is 15.1. The highest BCUT2D eigenvalue weighted by molar-refractivity contribution is 6.29. The quantitative estimate of drug-likeness (QED) is 0.453. The Bertz CT molecular complexity index is 1190. The molecule has 1 saturated carbocycles. The molecule has 1 aliphatic rings. The van der Waals surface area contributed by atoms with Gasteiger partial charge in [0.05, 0.1) is 17.8 Å². The van der Waals surface area contributed by atoms with E-state index in [1.165, 1.54) is 24.4 Å². The van der Waals surface area contributed by atoms with Gasteiger partial charge in [0, 0.05) is 11.8 Å². The predicted octanol–water partition coefficient (Wildman–Crippen LogP) is 5.86. The van der Waals surface area contributed by atoms with E-state index in [2.05, 4.69) is 10.1 Å². The molecule has 168 valence electrons. The molecular formula is C23H20ClF4N3O. The number of alkyl halides is 3. The van der Waals surface area contributed by atoms with Gasteiger partial charge >= 0.3 is 6.18 Å². The molecule has 0 amide bonds. The van der Waals surface area contributed by atoms with E-state index >= 15 is 0 Å². The van der Waals surface area contributed by atoms with Crippen LogP contribution in [-0.4, -0.2) is 14.8 Å². The highest BCUT2D eigenvalue weighted by Gasteiger charge is 2.35. The van der Waals surface area contributed by atoms with Gasteiger partial charge in [0.2, 0.25) is 0 Å². The van der Waals surface area contributed by atoms with Crippen LogP contribution in [0.3, 0.4) is 0 Å². The normalized spacial score (nSPS) is 18.8. The molecule has 2 aromatic heterocycles. The molecule has 1 aliphatic carbocycles. The summed E-state index contributed by atoms with van der Waals surface area (Å²) in [5.74, 6) is -0.506. The Hall–Kier alpha value is -2.74. The molecule has 0 saturated heterocycles. The molecule has 2 heterocycles. The maximum atomic E-state index is 14.4. The summed E-state index contributed by atoms with van der Waals surface area (Å²) < 4.78 is 55.3. The molecule has 4 nitrogen and oxygen atoms in total. The lowest BCUT2D eigenvalue weighted by Gasteiger charge is -2.16. The molecule has 4 rings (SSSR count). The van der Waals surface area contributed by atoms with E-state index in [9.17, 15) is 22.4 Å². The van der Waals surface area contributed by atoms with Crippen molar-refractivity contribution in [2.45, 2.75) is 50.7 Å². The first-order valence-electron chi connectivity index (χ1n) is 10.2. The van der Waals surface area contributed by atoms with E-state index < -0.39 is 23.8 Å². The number of hydrogen-bond donors (Lipinski definition) is 0. The van der Waals surface area contributed by atoms with Crippen molar-refractivity contribution in [3.05, 3.63) is 91.9 Å². The smallest absolute Gasteiger partial charge is 0.267 e. The van der Waals surface area contributed by atoms with Crippen molar-refractivity contribution in [1.29, 1.82) is 0 Å². The number of hydrogen-bond acceptors (Lipinski definition) is 3. The van der Waals surface area contributed by atoms with Crippen LogP contribution in [0.5, 0.6) is 0 Å². The summed E-state index contributed by atoms with van der Waals surface area (Å²) in [5, 5.41) is 3.94. The zero-order valence-corrected chi connectivity index (χ0v) is 17.9. The minimum absolute atomic E-state index is 0.00890. The number of rotatable bonds is 4. The number of nitrogens with zero attached hydrogens (tertiary/aromatic N) is 3. The average molecular weight is 466 g/mol. The lowest BCUT2D eigenvalue weighted by Crippen LogP contribution is -2.29. The number of benzene rings is 1. The summed E-state index contributed by atoms with van der Waals surface area (Å²) in [6.07, 6.45) is -1.48. The first kappa shape index (κ1) is 22.5. The maximum Gasteiger partial charge on any atom is 0.418 e. The third-order valence-corrected chi connectivity index (χ3v) is 6.20. The van der Waals surface area contributed by atoms with Crippen LogP contribution in [0.4, 0.5) is 17.6 Å². The monoisotopic (exact) mass is 465 g/mol. The van der Waals surface area contributed by atoms with Gasteiger partial charge in [-0.15, -0.1) is 0 Å². The minimum Gasteiger partial charge on any atom is -0.267 e. The third-order valence-electron chi connectivity index (χ3n) is 6.02. The Balaban J connectivity index is 1.65. The van der Waals surface area contributed by atoms with Gasteiger partial charge in [-0.05, 0) is 73.4 Å². The topological polar surface area (TPSA) is 47.8 Å². The van der Waals surface area contributed by atoms with Crippen molar-refractivity contribution >= 4 is 11.6 Å². The van der Waals surface area contributed by atoms with Crippen LogP contribution in [0, 0.1) is 12.7 Å². The van der Waals surface area contributed by atoms with Gasteiger partial charge in [0.1, 0.15) is 11.0 Å². The molecule has 2 unspecified atom stereocenters. The molecule has 0 radical (unpaired) electrons. The minimum atomic E-state index is -4.61. The second-order valence-corrected chi connectivity index (χ2v) is 8.45. The van der Waals surface area contributed by atoms with Gasteiger partial charge in [-0.25, -0.2) is 9.07 Å². The van der Waals surface area contributed by atoms with Crippen molar-refractivity contribution in [3.8, 4) is 0 Å². The van der Waals surface area contributed by atoms with Crippen molar-refractivity contribution in [2.24, 2.45) is 0 Å². The van der Waals surface area contributed by atoms with Gasteiger partial charge in [0.25, 0.3) is 5.56 Å². The van der Waals surface area contributed by atoms with Crippen LogP contribution in [0.25, 0.3) is 0 Å². The molecule has 9 heteroatoms. The van der Waals surface area contributed by atoms with E-state index in [4.69, 9.17) is 11.6 Å². The van der Waals surface area contributed by atoms with Crippen LogP contribution >= 0.6 is 11.6 Å². The Morgan fingerprint density at radius 3 is 2.62 bits per heavy atom. The first-order valence-corrected chi connectivity index (χ1v) is 10.6. The van der Waals surface area contributed by atoms with Crippen molar-refractivity contribution in [3.63, 3.8) is 0 Å². The fourth-order valence-corrected chi connectivity index (χ4v) is 4.79. The largest absolute Gasteiger partial charge is 0.418 e. The van der Waals surface area contributed by atoms with Crippen molar-refractivity contribution in [2.75, 3.05) is 0 Å². The van der Waals surface area contributed by atoms with Gasteiger partial charge in [-0.1, -0.05) is 23.7 Å². The Labute approximate surface area is 186 Å². The van der Waals surface area contributed by atoms with E-state index in [1.54, 1.807) is 6.07 Å². The van der Waals surface area contributed by atoms with Crippen LogP contribution in [0.15, 0.2) is 47.4 Å². The van der Waals surface area contributed by atoms with Gasteiger partial charge < -0.3 is 0 Å². The molecule has 32 heavy (non-hydrogen) atoms. The lowest BCUT2D eigenvalue weighted by molar-refractivity contribution is -0.138. The molecule has 1 aromatic carbocycles. The van der Waals surface area contributed by atoms with Gasteiger partial charge in [-0.2, -0.15) is 18.3 Å². The molecule has 3 aromatic rings. The fraction of sp³-hybridized carbons (Fsp3) is 0.348. The number of halogens is 5. The third kappa shape index (κ3) is 4.41. The zero-order chi connectivity index (χ0) is 23.0. The van der Waals surface area contributed by atoms with Gasteiger partial charge in [0.15, 0.2) is 0 Å². The predicted molar refractivity (Wildman–Crippen MR) is 112 cm³/mol. The summed E-state index contributed by atoms with van der Waals surface area (Å²) in [6.45, 7) is 1.40. The Morgan fingerprint density at radius 1 is 1.16 bits per heavy atom. The molecule has 1 fully saturated rings. The Kier molecular flexibility index (Phi) is 6.07. The number of pyridine rings is 1. The van der Waals surface area contributed by atoms with Crippen molar-refractivity contribution in [1.82, 2.24) is 14.8 Å².